The molecule has 1 aromatic rings. The number of allylic oxidation sites excluding steroid dienone is 3. The van der Waals surface area contributed by atoms with Crippen LogP contribution in [0.15, 0.2) is 47.1 Å². The van der Waals surface area contributed by atoms with Gasteiger partial charge in [-0.1, -0.05) is 12.1 Å². The molecule has 1 aliphatic carbocycles. The summed E-state index contributed by atoms with van der Waals surface area (Å²) in [5.74, 6) is 2.70. The van der Waals surface area contributed by atoms with Gasteiger partial charge in [0.15, 0.2) is 5.78 Å². The molecule has 1 saturated heterocycles. The number of benzene rings is 1. The predicted molar refractivity (Wildman–Crippen MR) is 89.1 cm³/mol. The molecule has 0 saturated carbocycles. The van der Waals surface area contributed by atoms with E-state index in [4.69, 9.17) is 9.47 Å². The third kappa shape index (κ3) is 2.45. The minimum absolute atomic E-state index is 0.0373. The van der Waals surface area contributed by atoms with Crippen LogP contribution in [0.25, 0.3) is 0 Å². The molecule has 0 amide bonds. The molecule has 116 valence electrons. The number of carbonyl (C=O) groups is 1. The number of methoxy groups -OCH3 is 2. The van der Waals surface area contributed by atoms with Crippen LogP contribution in [0.4, 0.5) is 0 Å². The van der Waals surface area contributed by atoms with E-state index < -0.39 is 5.41 Å². The van der Waals surface area contributed by atoms with Gasteiger partial charge in [-0.05, 0) is 48.1 Å². The molecule has 0 N–H and O–H groups in total. The quantitative estimate of drug-likeness (QED) is 0.852. The van der Waals surface area contributed by atoms with Crippen LogP contribution >= 0.6 is 11.8 Å². The molecule has 4 heteroatoms. The van der Waals surface area contributed by atoms with E-state index in [9.17, 15) is 4.79 Å². The van der Waals surface area contributed by atoms with Gasteiger partial charge >= 0.3 is 0 Å². The van der Waals surface area contributed by atoms with Crippen molar-refractivity contribution in [1.82, 2.24) is 0 Å². The number of hydrogen-bond donors (Lipinski definition) is 0. The predicted octanol–water partition coefficient (Wildman–Crippen LogP) is 3.70. The van der Waals surface area contributed by atoms with Crippen LogP contribution < -0.4 is 4.74 Å². The van der Waals surface area contributed by atoms with Gasteiger partial charge in [-0.25, -0.2) is 0 Å². The Balaban J connectivity index is 1.89. The summed E-state index contributed by atoms with van der Waals surface area (Å²) in [6.07, 6.45) is 4.74. The molecule has 0 radical (unpaired) electrons. The van der Waals surface area contributed by atoms with Crippen molar-refractivity contribution >= 4 is 17.5 Å². The molecule has 1 heterocycles. The Kier molecular flexibility index (Phi) is 4.04. The molecular weight excluding hydrogens is 296 g/mol. The standard InChI is InChI=1S/C18H20O3S/c1-18(12-4-6-13(20-2)7-5-12)11-22-16-10-14(21-3)8-9-15(16)17(18)19/h4-8,10,15H,9,11H2,1-3H3. The third-order valence-electron chi connectivity index (χ3n) is 4.53. The van der Waals surface area contributed by atoms with Gasteiger partial charge in [0, 0.05) is 5.75 Å². The van der Waals surface area contributed by atoms with Gasteiger partial charge in [-0.15, -0.1) is 11.8 Å². The van der Waals surface area contributed by atoms with E-state index in [-0.39, 0.29) is 5.92 Å². The molecule has 1 fully saturated rings. The van der Waals surface area contributed by atoms with Crippen LogP contribution in [0.1, 0.15) is 18.9 Å². The highest BCUT2D eigenvalue weighted by molar-refractivity contribution is 8.03. The summed E-state index contributed by atoms with van der Waals surface area (Å²) in [6.45, 7) is 2.05. The number of carbonyl (C=O) groups excluding carboxylic acids is 1. The lowest BCUT2D eigenvalue weighted by atomic mass is 9.73. The number of ether oxygens (including phenoxy) is 2. The van der Waals surface area contributed by atoms with Crippen molar-refractivity contribution in [1.29, 1.82) is 0 Å². The van der Waals surface area contributed by atoms with Crippen LogP contribution in [0.3, 0.4) is 0 Å². The SMILES string of the molecule is COC1=CCC2C(=O)C(C)(c3ccc(OC)cc3)CSC2=C1. The smallest absolute Gasteiger partial charge is 0.152 e. The first kappa shape index (κ1) is 15.2. The molecule has 0 spiro atoms. The van der Waals surface area contributed by atoms with Gasteiger partial charge in [0.1, 0.15) is 11.5 Å². The number of Topliss-reactive ketones (excluding diaryl/α,β-unsaturated/α-hetero) is 1. The number of rotatable bonds is 3. The number of fused-ring (bicyclic) bond motifs is 1. The molecule has 3 nitrogen and oxygen atoms in total. The fraction of sp³-hybridized carbons (Fsp3) is 0.389. The molecule has 1 aliphatic heterocycles. The average molecular weight is 316 g/mol. The second-order valence-corrected chi connectivity index (χ2v) is 6.91. The number of ketones is 1. The van der Waals surface area contributed by atoms with Crippen LogP contribution in [-0.2, 0) is 14.9 Å². The molecule has 2 unspecified atom stereocenters. The summed E-state index contributed by atoms with van der Waals surface area (Å²) in [4.78, 5) is 14.2. The Morgan fingerprint density at radius 3 is 2.55 bits per heavy atom. The maximum absolute atomic E-state index is 13.1. The van der Waals surface area contributed by atoms with Gasteiger partial charge < -0.3 is 9.47 Å². The summed E-state index contributed by atoms with van der Waals surface area (Å²) in [6, 6.07) is 7.86. The van der Waals surface area contributed by atoms with E-state index in [1.807, 2.05) is 36.4 Å². The minimum atomic E-state index is -0.447. The van der Waals surface area contributed by atoms with Crippen molar-refractivity contribution in [2.75, 3.05) is 20.0 Å². The van der Waals surface area contributed by atoms with Crippen LogP contribution in [0.5, 0.6) is 5.75 Å². The molecule has 2 aliphatic rings. The summed E-state index contributed by atoms with van der Waals surface area (Å²) < 4.78 is 10.5. The van der Waals surface area contributed by atoms with Crippen molar-refractivity contribution in [3.05, 3.63) is 52.6 Å². The third-order valence-corrected chi connectivity index (χ3v) is 5.99. The Hall–Kier alpha value is -1.68. The maximum Gasteiger partial charge on any atom is 0.152 e. The zero-order chi connectivity index (χ0) is 15.7. The van der Waals surface area contributed by atoms with E-state index in [0.717, 1.165) is 34.2 Å². The fourth-order valence-corrected chi connectivity index (χ4v) is 4.41. The lowest BCUT2D eigenvalue weighted by Crippen LogP contribution is -2.44. The highest BCUT2D eigenvalue weighted by Gasteiger charge is 2.45. The van der Waals surface area contributed by atoms with Gasteiger partial charge in [0.25, 0.3) is 0 Å². The Morgan fingerprint density at radius 2 is 1.91 bits per heavy atom. The Bertz CT molecular complexity index is 645. The zero-order valence-corrected chi connectivity index (χ0v) is 13.9. The average Bonchev–Trinajstić information content (AvgIpc) is 2.58. The largest absolute Gasteiger partial charge is 0.497 e. The van der Waals surface area contributed by atoms with Gasteiger partial charge in [-0.3, -0.25) is 4.79 Å². The van der Waals surface area contributed by atoms with Crippen molar-refractivity contribution in [3.8, 4) is 5.75 Å². The van der Waals surface area contributed by atoms with E-state index in [2.05, 4.69) is 6.92 Å². The number of hydrogen-bond acceptors (Lipinski definition) is 4. The van der Waals surface area contributed by atoms with E-state index >= 15 is 0 Å². The van der Waals surface area contributed by atoms with Crippen LogP contribution in [0.2, 0.25) is 0 Å². The highest BCUT2D eigenvalue weighted by Crippen LogP contribution is 2.46. The molecule has 2 atom stereocenters. The summed E-state index contributed by atoms with van der Waals surface area (Å²) >= 11 is 1.77. The lowest BCUT2D eigenvalue weighted by Gasteiger charge is -2.39. The molecular formula is C18H20O3S. The van der Waals surface area contributed by atoms with Crippen molar-refractivity contribution < 1.29 is 14.3 Å². The highest BCUT2D eigenvalue weighted by atomic mass is 32.2. The molecule has 1 aromatic carbocycles. The van der Waals surface area contributed by atoms with E-state index in [0.29, 0.717) is 5.78 Å². The second kappa shape index (κ2) is 5.84. The summed E-state index contributed by atoms with van der Waals surface area (Å²) in [5, 5.41) is 0. The second-order valence-electron chi connectivity index (χ2n) is 5.86. The van der Waals surface area contributed by atoms with Crippen molar-refractivity contribution in [2.45, 2.75) is 18.8 Å². The first-order chi connectivity index (χ1) is 10.6. The van der Waals surface area contributed by atoms with Crippen LogP contribution in [-0.4, -0.2) is 25.8 Å². The lowest BCUT2D eigenvalue weighted by molar-refractivity contribution is -0.126. The van der Waals surface area contributed by atoms with Gasteiger partial charge in [0.05, 0.1) is 25.6 Å². The Morgan fingerprint density at radius 1 is 1.18 bits per heavy atom. The molecule has 3 rings (SSSR count). The van der Waals surface area contributed by atoms with Gasteiger partial charge in [-0.2, -0.15) is 0 Å². The van der Waals surface area contributed by atoms with E-state index in [1.54, 1.807) is 26.0 Å². The number of thioether (sulfide) groups is 1. The molecule has 0 aromatic heterocycles. The minimum Gasteiger partial charge on any atom is -0.497 e. The Labute approximate surface area is 135 Å². The first-order valence-electron chi connectivity index (χ1n) is 7.36. The van der Waals surface area contributed by atoms with E-state index in [1.165, 1.54) is 0 Å². The maximum atomic E-state index is 13.1. The molecule has 0 bridgehead atoms. The topological polar surface area (TPSA) is 35.5 Å². The summed E-state index contributed by atoms with van der Waals surface area (Å²) in [7, 11) is 3.32. The fourth-order valence-electron chi connectivity index (χ4n) is 3.04. The summed E-state index contributed by atoms with van der Waals surface area (Å²) in [5.41, 5.74) is 0.614. The van der Waals surface area contributed by atoms with Crippen molar-refractivity contribution in [3.63, 3.8) is 0 Å². The van der Waals surface area contributed by atoms with Gasteiger partial charge in [0.2, 0.25) is 0 Å². The van der Waals surface area contributed by atoms with Crippen molar-refractivity contribution in [2.24, 2.45) is 5.92 Å². The first-order valence-corrected chi connectivity index (χ1v) is 8.34. The molecule has 22 heavy (non-hydrogen) atoms. The normalized spacial score (nSPS) is 27.6. The monoisotopic (exact) mass is 316 g/mol. The zero-order valence-electron chi connectivity index (χ0n) is 13.1. The van der Waals surface area contributed by atoms with Crippen LogP contribution in [0, 0.1) is 5.92 Å².